The molecular formula is C20H25BO3. The third-order valence-corrected chi connectivity index (χ3v) is 5.06. The molecule has 0 N–H and O–H groups in total. The minimum atomic E-state index is -0.303. The second-order valence-electron chi connectivity index (χ2n) is 7.40. The quantitative estimate of drug-likeness (QED) is 0.722. The second-order valence-corrected chi connectivity index (χ2v) is 7.40. The smallest absolute Gasteiger partial charge is 0.457 e. The van der Waals surface area contributed by atoms with Crippen molar-refractivity contribution in [2.75, 3.05) is 0 Å². The minimum Gasteiger partial charge on any atom is -0.457 e. The molecule has 1 aliphatic heterocycles. The van der Waals surface area contributed by atoms with Crippen molar-refractivity contribution < 1.29 is 14.0 Å². The van der Waals surface area contributed by atoms with Crippen LogP contribution in [0.1, 0.15) is 46.0 Å². The van der Waals surface area contributed by atoms with Crippen molar-refractivity contribution in [3.05, 3.63) is 60.2 Å². The van der Waals surface area contributed by atoms with Crippen LogP contribution in [-0.2, 0) is 9.31 Å². The Balaban J connectivity index is 1.70. The SMILES string of the molecule is C[C@@H](B1OC(C)(C)C(C)(C)O1)c1ccc(Oc2ccccc2)cc1. The Kier molecular flexibility index (Phi) is 4.45. The van der Waals surface area contributed by atoms with Gasteiger partial charge in [-0.15, -0.1) is 0 Å². The molecule has 0 radical (unpaired) electrons. The molecule has 0 aromatic heterocycles. The molecule has 126 valence electrons. The van der Waals surface area contributed by atoms with Gasteiger partial charge in [-0.1, -0.05) is 37.3 Å². The zero-order valence-electron chi connectivity index (χ0n) is 15.1. The molecule has 0 amide bonds. The topological polar surface area (TPSA) is 27.7 Å². The predicted octanol–water partition coefficient (Wildman–Crippen LogP) is 5.21. The average molecular weight is 324 g/mol. The highest BCUT2D eigenvalue weighted by molar-refractivity contribution is 6.47. The lowest BCUT2D eigenvalue weighted by Gasteiger charge is -2.32. The van der Waals surface area contributed by atoms with E-state index in [1.807, 2.05) is 42.5 Å². The molecule has 1 atom stereocenters. The molecule has 0 spiro atoms. The summed E-state index contributed by atoms with van der Waals surface area (Å²) in [7, 11) is -0.240. The summed E-state index contributed by atoms with van der Waals surface area (Å²) in [4.78, 5) is 0. The van der Waals surface area contributed by atoms with Crippen molar-refractivity contribution in [3.8, 4) is 11.5 Å². The average Bonchev–Trinajstić information content (AvgIpc) is 2.76. The standard InChI is InChI=1S/C20H25BO3/c1-15(21-23-19(2,3)20(4,5)24-21)16-11-13-18(14-12-16)22-17-9-7-6-8-10-17/h6-15H,1-5H3/t15-/m1/s1. The Bertz CT molecular complexity index is 664. The first kappa shape index (κ1) is 17.1. The lowest BCUT2D eigenvalue weighted by atomic mass is 9.69. The molecule has 1 saturated heterocycles. The van der Waals surface area contributed by atoms with Gasteiger partial charge in [-0.05, 0) is 57.5 Å². The molecule has 1 fully saturated rings. The molecule has 3 rings (SSSR count). The van der Waals surface area contributed by atoms with Crippen molar-refractivity contribution >= 4 is 7.12 Å². The Hall–Kier alpha value is -1.78. The van der Waals surface area contributed by atoms with Gasteiger partial charge < -0.3 is 14.0 Å². The fourth-order valence-electron chi connectivity index (χ4n) is 2.71. The van der Waals surface area contributed by atoms with Crippen LogP contribution in [0.25, 0.3) is 0 Å². The molecular weight excluding hydrogens is 299 g/mol. The zero-order valence-corrected chi connectivity index (χ0v) is 15.1. The number of hydrogen-bond acceptors (Lipinski definition) is 3. The Labute approximate surface area is 145 Å². The molecule has 0 unspecified atom stereocenters. The number of benzene rings is 2. The lowest BCUT2D eigenvalue weighted by Crippen LogP contribution is -2.41. The van der Waals surface area contributed by atoms with E-state index < -0.39 is 0 Å². The van der Waals surface area contributed by atoms with Crippen LogP contribution < -0.4 is 4.74 Å². The third kappa shape index (κ3) is 3.35. The molecule has 2 aromatic carbocycles. The van der Waals surface area contributed by atoms with Crippen molar-refractivity contribution in [1.29, 1.82) is 0 Å². The van der Waals surface area contributed by atoms with Crippen LogP contribution in [0.3, 0.4) is 0 Å². The van der Waals surface area contributed by atoms with Gasteiger partial charge in [-0.25, -0.2) is 0 Å². The number of hydrogen-bond donors (Lipinski definition) is 0. The summed E-state index contributed by atoms with van der Waals surface area (Å²) in [6, 6.07) is 17.9. The van der Waals surface area contributed by atoms with Gasteiger partial charge in [0.05, 0.1) is 11.2 Å². The van der Waals surface area contributed by atoms with E-state index in [1.165, 1.54) is 5.56 Å². The van der Waals surface area contributed by atoms with Crippen LogP contribution in [0.5, 0.6) is 11.5 Å². The third-order valence-electron chi connectivity index (χ3n) is 5.06. The molecule has 0 aliphatic carbocycles. The molecule has 1 heterocycles. The predicted molar refractivity (Wildman–Crippen MR) is 97.5 cm³/mol. The van der Waals surface area contributed by atoms with E-state index in [4.69, 9.17) is 14.0 Å². The van der Waals surface area contributed by atoms with E-state index in [-0.39, 0.29) is 24.1 Å². The van der Waals surface area contributed by atoms with Gasteiger partial charge in [0.1, 0.15) is 11.5 Å². The Morgan fingerprint density at radius 3 is 1.83 bits per heavy atom. The van der Waals surface area contributed by atoms with Gasteiger partial charge in [0.25, 0.3) is 0 Å². The molecule has 0 saturated carbocycles. The maximum Gasteiger partial charge on any atom is 0.465 e. The fourth-order valence-corrected chi connectivity index (χ4v) is 2.71. The first-order chi connectivity index (χ1) is 11.3. The molecule has 2 aromatic rings. The molecule has 0 bridgehead atoms. The van der Waals surface area contributed by atoms with Crippen LogP contribution in [0.4, 0.5) is 0 Å². The van der Waals surface area contributed by atoms with E-state index in [0.29, 0.717) is 0 Å². The van der Waals surface area contributed by atoms with Gasteiger partial charge in [-0.2, -0.15) is 0 Å². The van der Waals surface area contributed by atoms with Crippen molar-refractivity contribution in [1.82, 2.24) is 0 Å². The summed E-state index contributed by atoms with van der Waals surface area (Å²) >= 11 is 0. The minimum absolute atomic E-state index is 0.150. The van der Waals surface area contributed by atoms with Gasteiger partial charge in [0, 0.05) is 5.82 Å². The maximum atomic E-state index is 6.15. The number of para-hydroxylation sites is 1. The van der Waals surface area contributed by atoms with Gasteiger partial charge in [0.2, 0.25) is 0 Å². The van der Waals surface area contributed by atoms with Crippen molar-refractivity contribution in [2.45, 2.75) is 51.6 Å². The van der Waals surface area contributed by atoms with Crippen LogP contribution in [0.2, 0.25) is 0 Å². The Morgan fingerprint density at radius 1 is 0.792 bits per heavy atom. The maximum absolute atomic E-state index is 6.15. The van der Waals surface area contributed by atoms with Crippen LogP contribution in [0.15, 0.2) is 54.6 Å². The van der Waals surface area contributed by atoms with Crippen LogP contribution in [0, 0.1) is 0 Å². The largest absolute Gasteiger partial charge is 0.465 e. The summed E-state index contributed by atoms with van der Waals surface area (Å²) in [5, 5.41) is 0. The molecule has 4 heteroatoms. The van der Waals surface area contributed by atoms with E-state index in [9.17, 15) is 0 Å². The number of rotatable bonds is 4. The summed E-state index contributed by atoms with van der Waals surface area (Å²) < 4.78 is 18.1. The van der Waals surface area contributed by atoms with E-state index in [1.54, 1.807) is 0 Å². The fraction of sp³-hybridized carbons (Fsp3) is 0.400. The van der Waals surface area contributed by atoms with Crippen LogP contribution in [-0.4, -0.2) is 18.3 Å². The summed E-state index contributed by atoms with van der Waals surface area (Å²) in [5.74, 6) is 1.81. The molecule has 3 nitrogen and oxygen atoms in total. The van der Waals surface area contributed by atoms with Crippen molar-refractivity contribution in [2.24, 2.45) is 0 Å². The summed E-state index contributed by atoms with van der Waals surface area (Å²) in [6.45, 7) is 10.5. The van der Waals surface area contributed by atoms with Crippen molar-refractivity contribution in [3.63, 3.8) is 0 Å². The monoisotopic (exact) mass is 324 g/mol. The summed E-state index contributed by atoms with van der Waals surface area (Å²) in [6.07, 6.45) is 0. The lowest BCUT2D eigenvalue weighted by molar-refractivity contribution is 0.00578. The van der Waals surface area contributed by atoms with E-state index >= 15 is 0 Å². The van der Waals surface area contributed by atoms with E-state index in [2.05, 4.69) is 46.8 Å². The molecule has 1 aliphatic rings. The highest BCUT2D eigenvalue weighted by Gasteiger charge is 2.52. The van der Waals surface area contributed by atoms with E-state index in [0.717, 1.165) is 11.5 Å². The highest BCUT2D eigenvalue weighted by atomic mass is 16.7. The highest BCUT2D eigenvalue weighted by Crippen LogP contribution is 2.40. The first-order valence-corrected chi connectivity index (χ1v) is 8.47. The number of ether oxygens (including phenoxy) is 1. The first-order valence-electron chi connectivity index (χ1n) is 8.47. The van der Waals surface area contributed by atoms with Gasteiger partial charge in [-0.3, -0.25) is 0 Å². The second kappa shape index (κ2) is 6.27. The zero-order chi connectivity index (χ0) is 17.4. The Morgan fingerprint density at radius 2 is 1.29 bits per heavy atom. The normalized spacial score (nSPS) is 20.0. The molecule has 24 heavy (non-hydrogen) atoms. The van der Waals surface area contributed by atoms with Crippen LogP contribution >= 0.6 is 0 Å². The van der Waals surface area contributed by atoms with Gasteiger partial charge in [0.15, 0.2) is 0 Å². The van der Waals surface area contributed by atoms with Gasteiger partial charge >= 0.3 is 7.12 Å². The summed E-state index contributed by atoms with van der Waals surface area (Å²) in [5.41, 5.74) is 0.568.